The summed E-state index contributed by atoms with van der Waals surface area (Å²) in [6.07, 6.45) is -4.61. The Labute approximate surface area is 242 Å². The second kappa shape index (κ2) is 12.6. The van der Waals surface area contributed by atoms with Crippen molar-refractivity contribution >= 4 is 41.0 Å². The van der Waals surface area contributed by atoms with E-state index in [9.17, 15) is 32.3 Å². The first-order chi connectivity index (χ1) is 19.5. The summed E-state index contributed by atoms with van der Waals surface area (Å²) in [4.78, 5) is 50.2. The molecule has 2 aromatic rings. The lowest BCUT2D eigenvalue weighted by molar-refractivity contribution is -0.173. The summed E-state index contributed by atoms with van der Waals surface area (Å²) in [6.45, 7) is 6.09. The Morgan fingerprint density at radius 3 is 2.21 bits per heavy atom. The van der Waals surface area contributed by atoms with Crippen molar-refractivity contribution in [3.63, 3.8) is 0 Å². The van der Waals surface area contributed by atoms with Crippen molar-refractivity contribution in [2.45, 2.75) is 89.2 Å². The minimum absolute atomic E-state index is 0.0409. The quantitative estimate of drug-likeness (QED) is 0.291. The third-order valence-corrected chi connectivity index (χ3v) is 8.08. The number of aryl methyl sites for hydroxylation is 2. The monoisotopic (exact) mass is 619 g/mol. The Hall–Kier alpha value is -3.73. The number of rotatable bonds is 8. The minimum atomic E-state index is -4.37. The molecule has 2 aromatic heterocycles. The Balaban J connectivity index is 0.000000316. The van der Waals surface area contributed by atoms with E-state index >= 15 is 0 Å². The smallest absolute Gasteiger partial charge is 0.410 e. The molecular weight excluding hydrogens is 587 g/mol. The molecule has 13 nitrogen and oxygen atoms in total. The molecule has 0 spiro atoms. The van der Waals surface area contributed by atoms with E-state index in [2.05, 4.69) is 15.4 Å². The van der Waals surface area contributed by atoms with Gasteiger partial charge in [-0.25, -0.2) is 14.5 Å². The maximum atomic E-state index is 13.6. The summed E-state index contributed by atoms with van der Waals surface area (Å²) in [5.74, 6) is -4.76. The van der Waals surface area contributed by atoms with E-state index < -0.39 is 48.6 Å². The van der Waals surface area contributed by atoms with Gasteiger partial charge in [-0.15, -0.1) is 11.3 Å². The Bertz CT molecular complexity index is 1330. The first kappa shape index (κ1) is 32.8. The third-order valence-electron chi connectivity index (χ3n) is 7.02. The highest BCUT2D eigenvalue weighted by atomic mass is 32.1. The molecule has 232 valence electrons. The minimum Gasteiger partial charge on any atom is -0.481 e. The molecule has 1 fully saturated rings. The fourth-order valence-electron chi connectivity index (χ4n) is 4.99. The fourth-order valence-corrected chi connectivity index (χ4v) is 5.87. The number of hydrogen-bond acceptors (Lipinski definition) is 9. The van der Waals surface area contributed by atoms with Gasteiger partial charge in [0, 0.05) is 18.7 Å². The van der Waals surface area contributed by atoms with Gasteiger partial charge in [-0.05, 0) is 39.5 Å². The van der Waals surface area contributed by atoms with Gasteiger partial charge in [0.15, 0.2) is 11.6 Å². The number of carboxylic acids is 3. The van der Waals surface area contributed by atoms with Crippen LogP contribution in [0.25, 0.3) is 0 Å². The molecule has 1 unspecified atom stereocenters. The van der Waals surface area contributed by atoms with Gasteiger partial charge in [-0.1, -0.05) is 6.92 Å². The van der Waals surface area contributed by atoms with Crippen molar-refractivity contribution in [3.8, 4) is 0 Å². The normalized spacial score (nSPS) is 20.3. The number of hydrogen-bond donors (Lipinski definition) is 5. The van der Waals surface area contributed by atoms with Crippen LogP contribution in [0.4, 0.5) is 19.0 Å². The molecule has 17 heteroatoms. The fraction of sp³-hybridized carbons (Fsp3) is 0.600. The molecule has 4 heterocycles. The lowest BCUT2D eigenvalue weighted by atomic mass is 9.96. The van der Waals surface area contributed by atoms with Crippen LogP contribution in [-0.2, 0) is 14.4 Å². The molecule has 3 atom stereocenters. The van der Waals surface area contributed by atoms with Crippen molar-refractivity contribution < 1.29 is 52.8 Å². The number of carbonyl (C=O) groups is 4. The average molecular weight is 620 g/mol. The number of halogens is 3. The second-order valence-electron chi connectivity index (χ2n) is 10.2. The van der Waals surface area contributed by atoms with Gasteiger partial charge in [0.1, 0.15) is 10.7 Å². The first-order valence-corrected chi connectivity index (χ1v) is 13.9. The standard InChI is InChI=1S/C19H24F3N5OS.C6H8O7/c1-4-12-8-15(19(20,21)22)27-16(24-12)9-13(25-27)14-6-5-7-26(14)18(28)17-10(2)23-11(3)29-17;7-3(8)1-6(13,5(11)12)2-4(9)10/h9,12,14-15,24H,4-8H2,1-3H3;13H,1-2H2,(H,7,8)(H,9,10)(H,11,12)/t12-,14?,15-;/m1./s1. The molecule has 42 heavy (non-hydrogen) atoms. The predicted octanol–water partition coefficient (Wildman–Crippen LogP) is 3.38. The Morgan fingerprint density at radius 2 is 1.74 bits per heavy atom. The number of likely N-dealkylation sites (tertiary alicyclic amines) is 1. The number of anilines is 1. The Kier molecular flexibility index (Phi) is 9.87. The molecule has 0 aliphatic carbocycles. The van der Waals surface area contributed by atoms with Crippen LogP contribution in [0.3, 0.4) is 0 Å². The first-order valence-electron chi connectivity index (χ1n) is 13.0. The lowest BCUT2D eigenvalue weighted by Crippen LogP contribution is -2.42. The number of thiazole rings is 1. The molecule has 1 amide bonds. The predicted molar refractivity (Wildman–Crippen MR) is 141 cm³/mol. The number of aliphatic carboxylic acids is 3. The van der Waals surface area contributed by atoms with E-state index in [-0.39, 0.29) is 24.4 Å². The average Bonchev–Trinajstić information content (AvgIpc) is 3.59. The SMILES string of the molecule is CC[C@@H]1C[C@H](C(F)(F)F)n2nc(C3CCCN3C(=O)c3sc(C)nc3C)cc2N1.O=C(O)CC(O)(CC(=O)O)C(=O)O. The van der Waals surface area contributed by atoms with Crippen LogP contribution in [0.15, 0.2) is 6.07 Å². The number of fused-ring (bicyclic) bond motifs is 1. The van der Waals surface area contributed by atoms with Crippen LogP contribution < -0.4 is 5.32 Å². The van der Waals surface area contributed by atoms with Crippen molar-refractivity contribution in [1.82, 2.24) is 19.7 Å². The topological polar surface area (TPSA) is 195 Å². The van der Waals surface area contributed by atoms with Gasteiger partial charge in [-0.2, -0.15) is 18.3 Å². The van der Waals surface area contributed by atoms with Crippen molar-refractivity contribution in [2.75, 3.05) is 11.9 Å². The van der Waals surface area contributed by atoms with Crippen LogP contribution in [0.1, 0.15) is 83.6 Å². The number of aromatic nitrogens is 3. The van der Waals surface area contributed by atoms with Crippen LogP contribution in [0.5, 0.6) is 0 Å². The zero-order valence-electron chi connectivity index (χ0n) is 23.0. The maximum Gasteiger partial charge on any atom is 0.410 e. The lowest BCUT2D eigenvalue weighted by Gasteiger charge is -2.32. The van der Waals surface area contributed by atoms with E-state index in [0.717, 1.165) is 16.1 Å². The van der Waals surface area contributed by atoms with Crippen molar-refractivity contribution in [3.05, 3.63) is 27.3 Å². The van der Waals surface area contributed by atoms with Gasteiger partial charge >= 0.3 is 24.1 Å². The molecule has 2 aliphatic rings. The molecule has 0 bridgehead atoms. The number of nitrogens with one attached hydrogen (secondary N) is 1. The summed E-state index contributed by atoms with van der Waals surface area (Å²) in [7, 11) is 0. The molecule has 0 aromatic carbocycles. The van der Waals surface area contributed by atoms with Crippen molar-refractivity contribution in [2.24, 2.45) is 0 Å². The largest absolute Gasteiger partial charge is 0.481 e. The summed E-state index contributed by atoms with van der Waals surface area (Å²) < 4.78 is 42.0. The molecule has 5 N–H and O–H groups in total. The van der Waals surface area contributed by atoms with Crippen LogP contribution in [-0.4, -0.2) is 88.3 Å². The van der Waals surface area contributed by atoms with Crippen LogP contribution in [0, 0.1) is 13.8 Å². The molecule has 0 saturated carbocycles. The molecule has 2 aliphatic heterocycles. The molecule has 4 rings (SSSR count). The molecule has 1 saturated heterocycles. The van der Waals surface area contributed by atoms with E-state index in [1.807, 2.05) is 13.8 Å². The zero-order valence-corrected chi connectivity index (χ0v) is 23.8. The summed E-state index contributed by atoms with van der Waals surface area (Å²) in [5, 5.41) is 42.1. The zero-order chi connectivity index (χ0) is 31.6. The maximum absolute atomic E-state index is 13.6. The van der Waals surface area contributed by atoms with E-state index in [1.54, 1.807) is 17.9 Å². The highest BCUT2D eigenvalue weighted by molar-refractivity contribution is 7.13. The van der Waals surface area contributed by atoms with Gasteiger partial charge in [0.05, 0.1) is 35.3 Å². The van der Waals surface area contributed by atoms with Gasteiger partial charge in [-0.3, -0.25) is 14.4 Å². The highest BCUT2D eigenvalue weighted by Crippen LogP contribution is 2.42. The van der Waals surface area contributed by atoms with Gasteiger partial charge in [0.25, 0.3) is 5.91 Å². The highest BCUT2D eigenvalue weighted by Gasteiger charge is 2.47. The number of alkyl halides is 3. The summed E-state index contributed by atoms with van der Waals surface area (Å²) >= 11 is 1.35. The van der Waals surface area contributed by atoms with E-state index in [0.29, 0.717) is 41.5 Å². The van der Waals surface area contributed by atoms with Gasteiger partial charge < -0.3 is 30.6 Å². The number of carbonyl (C=O) groups excluding carboxylic acids is 1. The molecular formula is C25H32F3N5O8S. The van der Waals surface area contributed by atoms with Crippen molar-refractivity contribution in [1.29, 1.82) is 0 Å². The second-order valence-corrected chi connectivity index (χ2v) is 11.4. The number of aliphatic hydroxyl groups is 1. The third kappa shape index (κ3) is 7.36. The summed E-state index contributed by atoms with van der Waals surface area (Å²) in [6, 6.07) is -0.530. The van der Waals surface area contributed by atoms with Gasteiger partial charge in [0.2, 0.25) is 0 Å². The number of nitrogens with zero attached hydrogens (tertiary/aromatic N) is 4. The summed E-state index contributed by atoms with van der Waals surface area (Å²) in [5.41, 5.74) is -1.53. The molecule has 0 radical (unpaired) electrons. The number of carboxylic acid groups (broad SMARTS) is 3. The number of amides is 1. The van der Waals surface area contributed by atoms with Crippen LogP contribution in [0.2, 0.25) is 0 Å². The van der Waals surface area contributed by atoms with E-state index in [1.165, 1.54) is 11.3 Å². The van der Waals surface area contributed by atoms with E-state index in [4.69, 9.17) is 20.4 Å². The Morgan fingerprint density at radius 1 is 1.12 bits per heavy atom. The van der Waals surface area contributed by atoms with Crippen LogP contribution >= 0.6 is 11.3 Å².